The third kappa shape index (κ3) is 5.95. The Labute approximate surface area is 227 Å². The van der Waals surface area contributed by atoms with E-state index >= 15 is 0 Å². The number of nitrogens with zero attached hydrogens (tertiary/aromatic N) is 2. The van der Waals surface area contributed by atoms with Gasteiger partial charge in [-0.15, -0.1) is 24.9 Å². The van der Waals surface area contributed by atoms with Gasteiger partial charge < -0.3 is 19.6 Å². The predicted molar refractivity (Wildman–Crippen MR) is 148 cm³/mol. The van der Waals surface area contributed by atoms with Gasteiger partial charge in [-0.2, -0.15) is 0 Å². The molecule has 6 atom stereocenters. The number of unbranched alkanes of at least 4 members (excludes halogenated alkanes) is 5. The summed E-state index contributed by atoms with van der Waals surface area (Å²) in [5.74, 6) is -1.26. The monoisotopic (exact) mass is 534 g/mol. The Balaban J connectivity index is 1.91. The van der Waals surface area contributed by atoms with E-state index in [-0.39, 0.29) is 35.6 Å². The van der Waals surface area contributed by atoms with E-state index in [2.05, 4.69) is 27.0 Å². The highest BCUT2D eigenvalue weighted by Crippen LogP contribution is 2.68. The maximum Gasteiger partial charge on any atom is 0.310 e. The lowest BCUT2D eigenvalue weighted by atomic mass is 9.66. The molecule has 8 heteroatoms. The van der Waals surface area contributed by atoms with Crippen molar-refractivity contribution in [2.45, 2.75) is 87.7 Å². The predicted octanol–water partition coefficient (Wildman–Crippen LogP) is 4.20. The van der Waals surface area contributed by atoms with Crippen LogP contribution >= 0.6 is 11.8 Å². The number of esters is 1. The Bertz CT molecular complexity index is 835. The van der Waals surface area contributed by atoms with Crippen molar-refractivity contribution in [2.24, 2.45) is 17.8 Å². The third-order valence-corrected chi connectivity index (χ3v) is 10.4. The summed E-state index contributed by atoms with van der Waals surface area (Å²) in [7, 11) is 0. The number of likely N-dealkylation sites (tertiary alicyclic amines) is 1. The summed E-state index contributed by atoms with van der Waals surface area (Å²) in [5.41, 5.74) is 0. The van der Waals surface area contributed by atoms with Crippen molar-refractivity contribution in [1.82, 2.24) is 9.80 Å². The Morgan fingerprint density at radius 3 is 2.62 bits per heavy atom. The second-order valence-electron chi connectivity index (χ2n) is 10.7. The number of thioether (sulfide) groups is 1. The standard InChI is InChI=1S/C29H46N2O5S/c1-5-8-14-19-36-28(35)23-22-20-21(4)29(37-22)24(23)26(33)31(17-12-10-11-13-18-32)25(29)27(34)30(15-7-3)16-9-6-2/h5,7,21-25,32H,1,3,6,8-20H2,2,4H3/t21?,22-,23+,24-,25?,29?/m0/s1. The molecule has 208 valence electrons. The first-order valence-corrected chi connectivity index (χ1v) is 15.0. The number of carbonyl (C=O) groups is 3. The second-order valence-corrected chi connectivity index (χ2v) is 12.3. The van der Waals surface area contributed by atoms with Gasteiger partial charge >= 0.3 is 5.97 Å². The van der Waals surface area contributed by atoms with Crippen molar-refractivity contribution < 1.29 is 24.2 Å². The molecule has 0 aromatic carbocycles. The number of rotatable bonds is 17. The molecule has 0 aromatic heterocycles. The molecule has 2 amide bonds. The highest BCUT2D eigenvalue weighted by Gasteiger charge is 2.76. The minimum Gasteiger partial charge on any atom is -0.465 e. The summed E-state index contributed by atoms with van der Waals surface area (Å²) >= 11 is 1.70. The van der Waals surface area contributed by atoms with E-state index in [1.165, 1.54) is 0 Å². The minimum absolute atomic E-state index is 0.00125. The molecule has 3 saturated heterocycles. The molecule has 2 bridgehead atoms. The zero-order valence-electron chi connectivity index (χ0n) is 22.7. The second kappa shape index (κ2) is 13.8. The van der Waals surface area contributed by atoms with Crippen LogP contribution in [0.5, 0.6) is 0 Å². The molecule has 0 saturated carbocycles. The first-order chi connectivity index (χ1) is 17.9. The molecule has 0 radical (unpaired) electrons. The molecule has 3 aliphatic rings. The van der Waals surface area contributed by atoms with Crippen LogP contribution in [0.1, 0.15) is 71.6 Å². The fourth-order valence-corrected chi connectivity index (χ4v) is 8.92. The average molecular weight is 535 g/mol. The fourth-order valence-electron chi connectivity index (χ4n) is 6.52. The van der Waals surface area contributed by atoms with E-state index < -0.39 is 22.6 Å². The maximum absolute atomic E-state index is 14.2. The number of amides is 2. The molecule has 3 heterocycles. The largest absolute Gasteiger partial charge is 0.465 e. The van der Waals surface area contributed by atoms with Gasteiger partial charge in [0.25, 0.3) is 0 Å². The molecule has 7 nitrogen and oxygen atoms in total. The van der Waals surface area contributed by atoms with Crippen molar-refractivity contribution in [3.63, 3.8) is 0 Å². The summed E-state index contributed by atoms with van der Waals surface area (Å²) in [6, 6.07) is -0.580. The van der Waals surface area contributed by atoms with Crippen LogP contribution in [0, 0.1) is 17.8 Å². The highest BCUT2D eigenvalue weighted by atomic mass is 32.2. The summed E-state index contributed by atoms with van der Waals surface area (Å²) < 4.78 is 5.05. The number of carbonyl (C=O) groups excluding carboxylic acids is 3. The first-order valence-electron chi connectivity index (χ1n) is 14.1. The quantitative estimate of drug-likeness (QED) is 0.171. The maximum atomic E-state index is 14.2. The van der Waals surface area contributed by atoms with Crippen molar-refractivity contribution >= 4 is 29.5 Å². The molecular formula is C29H46N2O5S. The van der Waals surface area contributed by atoms with E-state index in [1.54, 1.807) is 28.8 Å². The van der Waals surface area contributed by atoms with Crippen LogP contribution in [-0.4, -0.2) is 81.6 Å². The number of aliphatic hydroxyl groups excluding tert-OH is 1. The third-order valence-electron chi connectivity index (χ3n) is 8.30. The highest BCUT2D eigenvalue weighted by molar-refractivity contribution is 8.02. The zero-order chi connectivity index (χ0) is 27.0. The van der Waals surface area contributed by atoms with E-state index in [0.29, 0.717) is 26.2 Å². The summed E-state index contributed by atoms with van der Waals surface area (Å²) in [4.78, 5) is 45.3. The molecule has 0 aliphatic carbocycles. The molecule has 3 rings (SSSR count). The normalized spacial score (nSPS) is 29.9. The Kier molecular flexibility index (Phi) is 11.1. The molecular weight excluding hydrogens is 488 g/mol. The van der Waals surface area contributed by atoms with E-state index in [4.69, 9.17) is 9.84 Å². The van der Waals surface area contributed by atoms with Crippen LogP contribution in [0.25, 0.3) is 0 Å². The molecule has 37 heavy (non-hydrogen) atoms. The SMILES string of the molecule is C=CCCCOC(=O)[C@@H]1[C@@H]2CC(C)C3(S2)C(C(=O)N(CC=C)CCCC)N(CCCCCCO)C(=O)[C@H]13. The van der Waals surface area contributed by atoms with Crippen LogP contribution in [0.15, 0.2) is 25.3 Å². The van der Waals surface area contributed by atoms with Gasteiger partial charge in [0.1, 0.15) is 6.04 Å². The molecule has 1 spiro atoms. The molecule has 3 fully saturated rings. The molecule has 0 aromatic rings. The summed E-state index contributed by atoms with van der Waals surface area (Å²) in [6.07, 6.45) is 11.0. The topological polar surface area (TPSA) is 87.2 Å². The van der Waals surface area contributed by atoms with Crippen LogP contribution in [0.2, 0.25) is 0 Å². The van der Waals surface area contributed by atoms with Gasteiger partial charge in [0.05, 0.1) is 23.2 Å². The van der Waals surface area contributed by atoms with Gasteiger partial charge in [-0.3, -0.25) is 14.4 Å². The number of aliphatic hydroxyl groups is 1. The van der Waals surface area contributed by atoms with Gasteiger partial charge in [-0.05, 0) is 44.4 Å². The first kappa shape index (κ1) is 29.8. The minimum atomic E-state index is -0.611. The number of fused-ring (bicyclic) bond motifs is 1. The van der Waals surface area contributed by atoms with Crippen molar-refractivity contribution in [1.29, 1.82) is 0 Å². The Hall–Kier alpha value is -1.80. The van der Waals surface area contributed by atoms with Crippen molar-refractivity contribution in [3.8, 4) is 0 Å². The number of ether oxygens (including phenoxy) is 1. The summed E-state index contributed by atoms with van der Waals surface area (Å²) in [5, 5.41) is 9.12. The molecule has 3 unspecified atom stereocenters. The van der Waals surface area contributed by atoms with E-state index in [0.717, 1.165) is 57.8 Å². The van der Waals surface area contributed by atoms with Gasteiger partial charge in [-0.1, -0.05) is 45.3 Å². The van der Waals surface area contributed by atoms with Crippen molar-refractivity contribution in [2.75, 3.05) is 32.8 Å². The molecule has 3 aliphatic heterocycles. The van der Waals surface area contributed by atoms with Crippen LogP contribution in [-0.2, 0) is 19.1 Å². The molecule has 1 N–H and O–H groups in total. The Morgan fingerprint density at radius 1 is 1.19 bits per heavy atom. The Morgan fingerprint density at radius 2 is 1.95 bits per heavy atom. The van der Waals surface area contributed by atoms with Crippen LogP contribution in [0.4, 0.5) is 0 Å². The lowest BCUT2D eigenvalue weighted by Gasteiger charge is -2.40. The van der Waals surface area contributed by atoms with Crippen LogP contribution < -0.4 is 0 Å². The fraction of sp³-hybridized carbons (Fsp3) is 0.759. The number of hydrogen-bond acceptors (Lipinski definition) is 6. The summed E-state index contributed by atoms with van der Waals surface area (Å²) in [6.45, 7) is 13.9. The van der Waals surface area contributed by atoms with Gasteiger partial charge in [0.2, 0.25) is 11.8 Å². The number of hydrogen-bond donors (Lipinski definition) is 1. The van der Waals surface area contributed by atoms with E-state index in [9.17, 15) is 14.4 Å². The van der Waals surface area contributed by atoms with E-state index in [1.807, 2.05) is 4.90 Å². The average Bonchev–Trinajstić information content (AvgIpc) is 3.47. The lowest BCUT2D eigenvalue weighted by molar-refractivity contribution is -0.154. The van der Waals surface area contributed by atoms with Gasteiger partial charge in [-0.25, -0.2) is 0 Å². The van der Waals surface area contributed by atoms with Gasteiger partial charge in [0.15, 0.2) is 0 Å². The lowest BCUT2D eigenvalue weighted by Crippen LogP contribution is -2.57. The zero-order valence-corrected chi connectivity index (χ0v) is 23.6. The number of allylic oxidation sites excluding steroid dienone is 1. The van der Waals surface area contributed by atoms with Crippen LogP contribution in [0.3, 0.4) is 0 Å². The van der Waals surface area contributed by atoms with Gasteiger partial charge in [0, 0.05) is 31.5 Å². The van der Waals surface area contributed by atoms with Crippen molar-refractivity contribution in [3.05, 3.63) is 25.3 Å². The smallest absolute Gasteiger partial charge is 0.310 e.